The molecule has 1 aromatic heterocycles. The molecule has 100 valence electrons. The first-order valence-corrected chi connectivity index (χ1v) is 5.75. The molecule has 0 aliphatic heterocycles. The molecule has 6 nitrogen and oxygen atoms in total. The van der Waals surface area contributed by atoms with Gasteiger partial charge in [-0.3, -0.25) is 9.59 Å². The second-order valence-electron chi connectivity index (χ2n) is 5.26. The number of aryl methyl sites for hydroxylation is 1. The molecule has 0 bridgehead atoms. The second kappa shape index (κ2) is 5.20. The zero-order valence-electron chi connectivity index (χ0n) is 11.3. The number of carbonyl (C=O) groups excluding carboxylic acids is 2. The Morgan fingerprint density at radius 1 is 1.39 bits per heavy atom. The fourth-order valence-corrected chi connectivity index (χ4v) is 1.14. The van der Waals surface area contributed by atoms with Crippen molar-refractivity contribution in [1.29, 1.82) is 0 Å². The van der Waals surface area contributed by atoms with E-state index in [1.54, 1.807) is 40.7 Å². The summed E-state index contributed by atoms with van der Waals surface area (Å²) in [6.45, 7) is 8.70. The van der Waals surface area contributed by atoms with Crippen molar-refractivity contribution < 1.29 is 14.1 Å². The van der Waals surface area contributed by atoms with Gasteiger partial charge >= 0.3 is 0 Å². The molecule has 1 aromatic rings. The maximum atomic E-state index is 11.8. The molecule has 0 aromatic carbocycles. The van der Waals surface area contributed by atoms with Gasteiger partial charge in [-0.1, -0.05) is 25.9 Å². The molecule has 1 heterocycles. The highest BCUT2D eigenvalue weighted by Crippen LogP contribution is 2.13. The van der Waals surface area contributed by atoms with E-state index >= 15 is 0 Å². The van der Waals surface area contributed by atoms with Crippen LogP contribution in [-0.2, 0) is 9.59 Å². The Kier molecular flexibility index (Phi) is 4.11. The summed E-state index contributed by atoms with van der Waals surface area (Å²) in [5.41, 5.74) is -0.529. The summed E-state index contributed by atoms with van der Waals surface area (Å²) in [6, 6.07) is 0.977. The van der Waals surface area contributed by atoms with Gasteiger partial charge in [0.2, 0.25) is 11.8 Å². The molecule has 0 saturated heterocycles. The van der Waals surface area contributed by atoms with Gasteiger partial charge in [-0.2, -0.15) is 0 Å². The van der Waals surface area contributed by atoms with Crippen LogP contribution >= 0.6 is 0 Å². The van der Waals surface area contributed by atoms with Crippen molar-refractivity contribution in [3.8, 4) is 0 Å². The minimum atomic E-state index is -0.631. The first-order chi connectivity index (χ1) is 8.20. The molecule has 2 N–H and O–H groups in total. The van der Waals surface area contributed by atoms with Crippen LogP contribution in [0.25, 0.3) is 0 Å². The van der Waals surface area contributed by atoms with E-state index in [4.69, 9.17) is 4.52 Å². The number of rotatable bonds is 3. The van der Waals surface area contributed by atoms with Crippen LogP contribution in [0.1, 0.15) is 33.5 Å². The normalized spacial score (nSPS) is 12.9. The topological polar surface area (TPSA) is 84.2 Å². The molecule has 1 atom stereocenters. The molecule has 0 spiro atoms. The molecule has 0 aliphatic rings. The average Bonchev–Trinajstić information content (AvgIpc) is 2.62. The monoisotopic (exact) mass is 253 g/mol. The highest BCUT2D eigenvalue weighted by molar-refractivity contribution is 5.96. The van der Waals surface area contributed by atoms with Crippen molar-refractivity contribution in [2.24, 2.45) is 5.41 Å². The van der Waals surface area contributed by atoms with Gasteiger partial charge in [-0.15, -0.1) is 0 Å². The Hall–Kier alpha value is -1.85. The third-order valence-corrected chi connectivity index (χ3v) is 2.30. The zero-order chi connectivity index (χ0) is 13.9. The van der Waals surface area contributed by atoms with Crippen molar-refractivity contribution in [2.45, 2.75) is 40.7 Å². The molecule has 0 fully saturated rings. The number of nitrogens with zero attached hydrogens (tertiary/aromatic N) is 1. The third-order valence-electron chi connectivity index (χ3n) is 2.30. The number of anilines is 1. The van der Waals surface area contributed by atoms with Crippen LogP contribution in [0.5, 0.6) is 0 Å². The van der Waals surface area contributed by atoms with E-state index in [1.807, 2.05) is 0 Å². The number of aromatic nitrogens is 1. The average molecular weight is 253 g/mol. The molecule has 1 rings (SSSR count). The summed E-state index contributed by atoms with van der Waals surface area (Å²) < 4.78 is 4.83. The van der Waals surface area contributed by atoms with E-state index < -0.39 is 11.5 Å². The minimum Gasteiger partial charge on any atom is -0.360 e. The lowest BCUT2D eigenvalue weighted by Gasteiger charge is -2.21. The quantitative estimate of drug-likeness (QED) is 0.854. The van der Waals surface area contributed by atoms with Crippen molar-refractivity contribution in [2.75, 3.05) is 5.32 Å². The van der Waals surface area contributed by atoms with Crippen LogP contribution in [0.4, 0.5) is 5.82 Å². The number of carbonyl (C=O) groups is 2. The van der Waals surface area contributed by atoms with Crippen LogP contribution in [0, 0.1) is 12.3 Å². The number of hydrogen-bond acceptors (Lipinski definition) is 4. The van der Waals surface area contributed by atoms with Gasteiger partial charge in [0, 0.05) is 11.5 Å². The zero-order valence-corrected chi connectivity index (χ0v) is 11.3. The van der Waals surface area contributed by atoms with Crippen LogP contribution in [0.3, 0.4) is 0 Å². The lowest BCUT2D eigenvalue weighted by Crippen LogP contribution is -2.46. The largest absolute Gasteiger partial charge is 0.360 e. The number of hydrogen-bond donors (Lipinski definition) is 2. The predicted molar refractivity (Wildman–Crippen MR) is 66.9 cm³/mol. The third kappa shape index (κ3) is 3.87. The first kappa shape index (κ1) is 14.2. The molecule has 0 radical (unpaired) electrons. The van der Waals surface area contributed by atoms with Gasteiger partial charge in [0.05, 0.1) is 0 Å². The fourth-order valence-electron chi connectivity index (χ4n) is 1.14. The standard InChI is InChI=1S/C12H19N3O3/c1-7-6-9(15-18-7)14-10(16)8(2)13-11(17)12(3,4)5/h6,8H,1-5H3,(H,13,17)(H,14,15,16)/t8-/m1/s1. The maximum Gasteiger partial charge on any atom is 0.247 e. The molecule has 2 amide bonds. The Bertz CT molecular complexity index is 446. The number of amides is 2. The molecule has 0 unspecified atom stereocenters. The van der Waals surface area contributed by atoms with Gasteiger partial charge in [-0.25, -0.2) is 0 Å². The van der Waals surface area contributed by atoms with Crippen molar-refractivity contribution >= 4 is 17.6 Å². The van der Waals surface area contributed by atoms with Gasteiger partial charge in [0.1, 0.15) is 11.8 Å². The van der Waals surface area contributed by atoms with Gasteiger partial charge in [-0.05, 0) is 13.8 Å². The minimum absolute atomic E-state index is 0.179. The van der Waals surface area contributed by atoms with Crippen molar-refractivity contribution in [1.82, 2.24) is 10.5 Å². The Morgan fingerprint density at radius 3 is 2.44 bits per heavy atom. The first-order valence-electron chi connectivity index (χ1n) is 5.75. The molecule has 6 heteroatoms. The SMILES string of the molecule is Cc1cc(NC(=O)[C@@H](C)NC(=O)C(C)(C)C)no1. The number of nitrogens with one attached hydrogen (secondary N) is 2. The molecular formula is C12H19N3O3. The Labute approximate surface area is 106 Å². The Morgan fingerprint density at radius 2 is 2.00 bits per heavy atom. The van der Waals surface area contributed by atoms with E-state index in [-0.39, 0.29) is 11.8 Å². The van der Waals surface area contributed by atoms with Crippen LogP contribution in [0.15, 0.2) is 10.6 Å². The van der Waals surface area contributed by atoms with E-state index in [0.717, 1.165) is 0 Å². The van der Waals surface area contributed by atoms with E-state index in [9.17, 15) is 9.59 Å². The summed E-state index contributed by atoms with van der Waals surface area (Å²) in [6.07, 6.45) is 0. The predicted octanol–water partition coefficient (Wildman–Crippen LogP) is 1.47. The van der Waals surface area contributed by atoms with Crippen LogP contribution in [0.2, 0.25) is 0 Å². The van der Waals surface area contributed by atoms with Gasteiger partial charge in [0.15, 0.2) is 5.82 Å². The van der Waals surface area contributed by atoms with E-state index in [2.05, 4.69) is 15.8 Å². The van der Waals surface area contributed by atoms with Crippen LogP contribution in [-0.4, -0.2) is 23.0 Å². The van der Waals surface area contributed by atoms with E-state index in [1.165, 1.54) is 0 Å². The summed E-state index contributed by atoms with van der Waals surface area (Å²) >= 11 is 0. The summed E-state index contributed by atoms with van der Waals surface area (Å²) in [5, 5.41) is 8.84. The summed E-state index contributed by atoms with van der Waals surface area (Å²) in [7, 11) is 0. The molecular weight excluding hydrogens is 234 g/mol. The lowest BCUT2D eigenvalue weighted by molar-refractivity contribution is -0.131. The smallest absolute Gasteiger partial charge is 0.247 e. The molecule has 0 aliphatic carbocycles. The van der Waals surface area contributed by atoms with Crippen molar-refractivity contribution in [3.63, 3.8) is 0 Å². The van der Waals surface area contributed by atoms with Crippen LogP contribution < -0.4 is 10.6 Å². The van der Waals surface area contributed by atoms with Gasteiger partial charge in [0.25, 0.3) is 0 Å². The van der Waals surface area contributed by atoms with E-state index in [0.29, 0.717) is 11.6 Å². The lowest BCUT2D eigenvalue weighted by atomic mass is 9.95. The van der Waals surface area contributed by atoms with Crippen molar-refractivity contribution in [3.05, 3.63) is 11.8 Å². The Balaban J connectivity index is 2.54. The molecule has 18 heavy (non-hydrogen) atoms. The highest BCUT2D eigenvalue weighted by Gasteiger charge is 2.25. The van der Waals surface area contributed by atoms with Gasteiger partial charge < -0.3 is 15.2 Å². The molecule has 0 saturated carbocycles. The second-order valence-corrected chi connectivity index (χ2v) is 5.26. The maximum absolute atomic E-state index is 11.8. The summed E-state index contributed by atoms with van der Waals surface area (Å²) in [5.74, 6) is 0.438. The summed E-state index contributed by atoms with van der Waals surface area (Å²) in [4.78, 5) is 23.5. The fraction of sp³-hybridized carbons (Fsp3) is 0.583. The highest BCUT2D eigenvalue weighted by atomic mass is 16.5.